The number of ether oxygens (including phenoxy) is 1. The topological polar surface area (TPSA) is 33.5 Å². The second-order valence-electron chi connectivity index (χ2n) is 8.33. The molecule has 0 spiro atoms. The summed E-state index contributed by atoms with van der Waals surface area (Å²) in [6.07, 6.45) is 7.25. The molecule has 1 aromatic carbocycles. The lowest BCUT2D eigenvalue weighted by Crippen LogP contribution is -2.28. The van der Waals surface area contributed by atoms with E-state index < -0.39 is 5.92 Å². The molecule has 0 N–H and O–H groups in total. The summed E-state index contributed by atoms with van der Waals surface area (Å²) in [7, 11) is 0. The van der Waals surface area contributed by atoms with Gasteiger partial charge in [0.15, 0.2) is 0 Å². The van der Waals surface area contributed by atoms with E-state index in [1.54, 1.807) is 15.8 Å². The van der Waals surface area contributed by atoms with E-state index in [1.807, 2.05) is 30.5 Å². The molecule has 0 aliphatic carbocycles. The van der Waals surface area contributed by atoms with Crippen molar-refractivity contribution >= 4 is 0 Å². The number of hydrogen-bond acceptors (Lipinski definition) is 4. The van der Waals surface area contributed by atoms with E-state index >= 15 is 0 Å². The largest absolute Gasteiger partial charge is 0.494 e. The molecule has 4 rings (SSSR count). The van der Waals surface area contributed by atoms with Crippen LogP contribution in [0.2, 0.25) is 0 Å². The van der Waals surface area contributed by atoms with Crippen molar-refractivity contribution in [3.8, 4) is 11.4 Å². The van der Waals surface area contributed by atoms with Crippen molar-refractivity contribution in [3.63, 3.8) is 0 Å². The molecule has 0 amide bonds. The van der Waals surface area contributed by atoms with Crippen LogP contribution in [0.25, 0.3) is 5.69 Å². The molecule has 2 aliphatic heterocycles. The minimum Gasteiger partial charge on any atom is -0.494 e. The third kappa shape index (κ3) is 5.34. The number of hydrogen-bond donors (Lipinski definition) is 0. The first-order valence-electron chi connectivity index (χ1n) is 10.6. The van der Waals surface area contributed by atoms with Crippen molar-refractivity contribution in [3.05, 3.63) is 42.2 Å². The van der Waals surface area contributed by atoms with Crippen LogP contribution in [0.5, 0.6) is 5.75 Å². The van der Waals surface area contributed by atoms with Gasteiger partial charge in [0.25, 0.3) is 5.92 Å². The van der Waals surface area contributed by atoms with Gasteiger partial charge in [-0.3, -0.25) is 4.90 Å². The zero-order chi connectivity index (χ0) is 20.3. The summed E-state index contributed by atoms with van der Waals surface area (Å²) in [6.45, 7) is 6.09. The number of nitrogens with zero attached hydrogens (tertiary/aromatic N) is 4. The molecule has 29 heavy (non-hydrogen) atoms. The molecule has 0 bridgehead atoms. The Morgan fingerprint density at radius 3 is 2.72 bits per heavy atom. The lowest BCUT2D eigenvalue weighted by atomic mass is 10.2. The third-order valence-corrected chi connectivity index (χ3v) is 5.94. The van der Waals surface area contributed by atoms with Gasteiger partial charge in [-0.05, 0) is 57.0 Å². The van der Waals surface area contributed by atoms with Crippen molar-refractivity contribution in [1.29, 1.82) is 0 Å². The predicted octanol–water partition coefficient (Wildman–Crippen LogP) is 3.97. The summed E-state index contributed by atoms with van der Waals surface area (Å²) in [5.74, 6) is -1.70. The van der Waals surface area contributed by atoms with Gasteiger partial charge in [-0.1, -0.05) is 0 Å². The number of halogens is 2. The number of alkyl halides is 2. The molecule has 2 aromatic rings. The molecule has 7 heteroatoms. The van der Waals surface area contributed by atoms with Crippen LogP contribution in [0, 0.1) is 0 Å². The average molecular weight is 405 g/mol. The fraction of sp³-hybridized carbons (Fsp3) is 0.591. The second kappa shape index (κ2) is 8.79. The van der Waals surface area contributed by atoms with Gasteiger partial charge in [-0.25, -0.2) is 13.5 Å². The maximum Gasteiger partial charge on any atom is 0.261 e. The van der Waals surface area contributed by atoms with Gasteiger partial charge in [0.05, 0.1) is 25.0 Å². The molecular weight excluding hydrogens is 374 g/mol. The molecule has 0 saturated carbocycles. The Morgan fingerprint density at radius 1 is 1.21 bits per heavy atom. The summed E-state index contributed by atoms with van der Waals surface area (Å²) < 4.78 is 34.3. The molecular formula is C22H30F2N4O. The number of aromatic nitrogens is 2. The number of likely N-dealkylation sites (tertiary alicyclic amines) is 2. The fourth-order valence-corrected chi connectivity index (χ4v) is 4.26. The molecule has 5 nitrogen and oxygen atoms in total. The zero-order valence-electron chi connectivity index (χ0n) is 17.1. The number of benzene rings is 1. The van der Waals surface area contributed by atoms with Crippen LogP contribution in [0.1, 0.15) is 38.2 Å². The van der Waals surface area contributed by atoms with Gasteiger partial charge >= 0.3 is 0 Å². The van der Waals surface area contributed by atoms with E-state index in [-0.39, 0.29) is 13.0 Å². The van der Waals surface area contributed by atoms with E-state index in [2.05, 4.69) is 16.9 Å². The van der Waals surface area contributed by atoms with Gasteiger partial charge in [0.2, 0.25) is 0 Å². The monoisotopic (exact) mass is 404 g/mol. The summed E-state index contributed by atoms with van der Waals surface area (Å²) >= 11 is 0. The van der Waals surface area contributed by atoms with Crippen LogP contribution in [0.3, 0.4) is 0 Å². The maximum absolute atomic E-state index is 13.3. The first kappa shape index (κ1) is 20.3. The van der Waals surface area contributed by atoms with Gasteiger partial charge in [0.1, 0.15) is 5.75 Å². The Morgan fingerprint density at radius 2 is 2.03 bits per heavy atom. The number of rotatable bonds is 8. The van der Waals surface area contributed by atoms with E-state index in [9.17, 15) is 8.78 Å². The van der Waals surface area contributed by atoms with Crippen LogP contribution < -0.4 is 4.74 Å². The third-order valence-electron chi connectivity index (χ3n) is 5.94. The van der Waals surface area contributed by atoms with Crippen LogP contribution >= 0.6 is 0 Å². The molecule has 3 heterocycles. The van der Waals surface area contributed by atoms with E-state index in [0.29, 0.717) is 19.1 Å². The van der Waals surface area contributed by atoms with Crippen molar-refractivity contribution in [1.82, 2.24) is 19.6 Å². The average Bonchev–Trinajstić information content (AvgIpc) is 3.41. The molecule has 2 fully saturated rings. The van der Waals surface area contributed by atoms with Gasteiger partial charge in [0, 0.05) is 43.9 Å². The van der Waals surface area contributed by atoms with Crippen molar-refractivity contribution in [2.75, 3.05) is 32.8 Å². The molecule has 0 unspecified atom stereocenters. The summed E-state index contributed by atoms with van der Waals surface area (Å²) in [5.41, 5.74) is 1.88. The molecule has 158 valence electrons. The van der Waals surface area contributed by atoms with Crippen LogP contribution in [-0.2, 0) is 6.54 Å². The Hall–Kier alpha value is -1.99. The minimum absolute atomic E-state index is 0.0559. The Bertz CT molecular complexity index is 792. The lowest BCUT2D eigenvalue weighted by Gasteiger charge is -2.20. The highest BCUT2D eigenvalue weighted by Crippen LogP contribution is 2.28. The first-order chi connectivity index (χ1) is 14.0. The van der Waals surface area contributed by atoms with Crippen LogP contribution in [0.15, 0.2) is 36.7 Å². The Kier molecular flexibility index (Phi) is 6.15. The first-order valence-corrected chi connectivity index (χ1v) is 10.6. The van der Waals surface area contributed by atoms with Gasteiger partial charge in [-0.2, -0.15) is 5.10 Å². The molecule has 2 aliphatic rings. The predicted molar refractivity (Wildman–Crippen MR) is 109 cm³/mol. The highest BCUT2D eigenvalue weighted by molar-refractivity contribution is 5.37. The molecule has 1 aromatic heterocycles. The molecule has 2 saturated heterocycles. The standard InChI is InChI=1S/C22H30F2N4O/c1-18-4-2-10-27(18)11-3-13-29-21-7-5-20(6-8-21)28-16-19(14-25-28)15-26-12-9-22(23,24)17-26/h5-8,14,16,18H,2-4,9-13,15,17H2,1H3/t18-/m1/s1. The maximum atomic E-state index is 13.3. The second-order valence-corrected chi connectivity index (χ2v) is 8.33. The summed E-state index contributed by atoms with van der Waals surface area (Å²) in [5, 5.41) is 4.38. The smallest absolute Gasteiger partial charge is 0.261 e. The highest BCUT2D eigenvalue weighted by atomic mass is 19.3. The highest BCUT2D eigenvalue weighted by Gasteiger charge is 2.38. The Balaban J connectivity index is 1.24. The molecule has 1 atom stereocenters. The minimum atomic E-state index is -2.56. The van der Waals surface area contributed by atoms with Crippen LogP contribution in [0.4, 0.5) is 8.78 Å². The zero-order valence-corrected chi connectivity index (χ0v) is 17.1. The van der Waals surface area contributed by atoms with Gasteiger partial charge in [-0.15, -0.1) is 0 Å². The van der Waals surface area contributed by atoms with E-state index in [1.165, 1.54) is 19.4 Å². The Labute approximate surface area is 171 Å². The molecule has 0 radical (unpaired) electrons. The summed E-state index contributed by atoms with van der Waals surface area (Å²) in [4.78, 5) is 4.31. The van der Waals surface area contributed by atoms with Crippen molar-refractivity contribution in [2.24, 2.45) is 0 Å². The van der Waals surface area contributed by atoms with Crippen molar-refractivity contribution < 1.29 is 13.5 Å². The normalized spacial score (nSPS) is 22.4. The van der Waals surface area contributed by atoms with E-state index in [0.717, 1.165) is 36.6 Å². The SMILES string of the molecule is C[C@@H]1CCCN1CCCOc1ccc(-n2cc(CN3CCC(F)(F)C3)cn2)cc1. The van der Waals surface area contributed by atoms with Crippen molar-refractivity contribution in [2.45, 2.75) is 51.1 Å². The van der Waals surface area contributed by atoms with Gasteiger partial charge < -0.3 is 9.64 Å². The quantitative estimate of drug-likeness (QED) is 0.624. The van der Waals surface area contributed by atoms with E-state index in [4.69, 9.17) is 4.74 Å². The van der Waals surface area contributed by atoms with Crippen LogP contribution in [-0.4, -0.2) is 64.3 Å². The fourth-order valence-electron chi connectivity index (χ4n) is 4.26. The lowest BCUT2D eigenvalue weighted by molar-refractivity contribution is 0.0115. The summed E-state index contributed by atoms with van der Waals surface area (Å²) in [6, 6.07) is 8.55.